The quantitative estimate of drug-likeness (QED) is 0.894. The molecule has 0 saturated carbocycles. The molecule has 0 unspecified atom stereocenters. The summed E-state index contributed by atoms with van der Waals surface area (Å²) in [7, 11) is 0. The second kappa shape index (κ2) is 7.30. The van der Waals surface area contributed by atoms with Crippen LogP contribution in [0.3, 0.4) is 0 Å². The van der Waals surface area contributed by atoms with Gasteiger partial charge in [-0.2, -0.15) is 9.61 Å². The first-order valence-electron chi connectivity index (χ1n) is 9.66. The molecular formula is C19H29N5O. The van der Waals surface area contributed by atoms with Gasteiger partial charge in [-0.05, 0) is 44.7 Å². The van der Waals surface area contributed by atoms with Gasteiger partial charge in [-0.3, -0.25) is 0 Å². The zero-order valence-corrected chi connectivity index (χ0v) is 15.3. The van der Waals surface area contributed by atoms with Crippen LogP contribution in [0, 0.1) is 0 Å². The molecule has 2 aromatic rings. The molecule has 136 valence electrons. The fraction of sp³-hybridized carbons (Fsp3) is 0.684. The van der Waals surface area contributed by atoms with Gasteiger partial charge in [0.1, 0.15) is 5.82 Å². The van der Waals surface area contributed by atoms with Crippen molar-refractivity contribution in [2.75, 3.05) is 31.6 Å². The first-order valence-corrected chi connectivity index (χ1v) is 9.66. The Labute approximate surface area is 149 Å². The van der Waals surface area contributed by atoms with Gasteiger partial charge in [0, 0.05) is 42.5 Å². The van der Waals surface area contributed by atoms with Crippen LogP contribution >= 0.6 is 0 Å². The van der Waals surface area contributed by atoms with Crippen molar-refractivity contribution in [3.8, 4) is 0 Å². The number of nitrogens with one attached hydrogen (secondary N) is 2. The van der Waals surface area contributed by atoms with E-state index in [1.54, 1.807) is 0 Å². The van der Waals surface area contributed by atoms with Gasteiger partial charge in [0.05, 0.1) is 6.20 Å². The van der Waals surface area contributed by atoms with Crippen LogP contribution in [-0.4, -0.2) is 46.9 Å². The molecule has 2 aliphatic rings. The molecule has 0 spiro atoms. The van der Waals surface area contributed by atoms with E-state index in [2.05, 4.69) is 35.6 Å². The van der Waals surface area contributed by atoms with Crippen LogP contribution < -0.4 is 10.6 Å². The molecule has 0 aromatic carbocycles. The van der Waals surface area contributed by atoms with E-state index in [0.717, 1.165) is 63.5 Å². The minimum Gasteiger partial charge on any atom is -0.381 e. The normalized spacial score (nSPS) is 20.4. The largest absolute Gasteiger partial charge is 0.381 e. The van der Waals surface area contributed by atoms with Crippen LogP contribution in [0.2, 0.25) is 0 Å². The maximum absolute atomic E-state index is 5.54. The van der Waals surface area contributed by atoms with Gasteiger partial charge in [0.15, 0.2) is 5.65 Å². The van der Waals surface area contributed by atoms with Gasteiger partial charge < -0.3 is 15.4 Å². The highest BCUT2D eigenvalue weighted by Crippen LogP contribution is 2.30. The fourth-order valence-electron chi connectivity index (χ4n) is 3.89. The molecular weight excluding hydrogens is 314 g/mol. The molecule has 2 aromatic heterocycles. The highest BCUT2D eigenvalue weighted by atomic mass is 16.5. The summed E-state index contributed by atoms with van der Waals surface area (Å²) in [5.74, 6) is 1.99. The smallest absolute Gasteiger partial charge is 0.161 e. The van der Waals surface area contributed by atoms with Crippen molar-refractivity contribution >= 4 is 11.5 Å². The molecule has 25 heavy (non-hydrogen) atoms. The summed E-state index contributed by atoms with van der Waals surface area (Å²) < 4.78 is 7.54. The number of rotatable bonds is 4. The molecule has 2 N–H and O–H groups in total. The fourth-order valence-corrected chi connectivity index (χ4v) is 3.89. The van der Waals surface area contributed by atoms with Crippen LogP contribution in [0.4, 0.5) is 5.82 Å². The molecule has 0 atom stereocenters. The zero-order valence-electron chi connectivity index (χ0n) is 15.3. The lowest BCUT2D eigenvalue weighted by Gasteiger charge is -2.26. The Morgan fingerprint density at radius 3 is 2.68 bits per heavy atom. The molecule has 0 radical (unpaired) electrons. The summed E-state index contributed by atoms with van der Waals surface area (Å²) in [6, 6.07) is 2.73. The number of nitrogens with zero attached hydrogens (tertiary/aromatic N) is 3. The molecule has 2 aliphatic heterocycles. The molecule has 2 saturated heterocycles. The second-order valence-corrected chi connectivity index (χ2v) is 7.61. The average Bonchev–Trinajstić information content (AvgIpc) is 3.08. The van der Waals surface area contributed by atoms with E-state index in [-0.39, 0.29) is 0 Å². The van der Waals surface area contributed by atoms with E-state index in [0.29, 0.717) is 17.9 Å². The first kappa shape index (κ1) is 16.8. The third kappa shape index (κ3) is 3.51. The third-order valence-corrected chi connectivity index (χ3v) is 5.47. The van der Waals surface area contributed by atoms with Gasteiger partial charge in [-0.15, -0.1) is 0 Å². The van der Waals surface area contributed by atoms with Gasteiger partial charge in [0.25, 0.3) is 0 Å². The van der Waals surface area contributed by atoms with Crippen LogP contribution in [-0.2, 0) is 4.74 Å². The zero-order chi connectivity index (χ0) is 17.2. The number of ether oxygens (including phenoxy) is 1. The monoisotopic (exact) mass is 343 g/mol. The maximum atomic E-state index is 5.54. The summed E-state index contributed by atoms with van der Waals surface area (Å²) in [5.41, 5.74) is 3.42. The van der Waals surface area contributed by atoms with E-state index < -0.39 is 0 Å². The van der Waals surface area contributed by atoms with Crippen molar-refractivity contribution in [3.05, 3.63) is 23.5 Å². The summed E-state index contributed by atoms with van der Waals surface area (Å²) in [5, 5.41) is 11.8. The van der Waals surface area contributed by atoms with Crippen molar-refractivity contribution in [3.63, 3.8) is 0 Å². The van der Waals surface area contributed by atoms with Gasteiger partial charge >= 0.3 is 0 Å². The van der Waals surface area contributed by atoms with Gasteiger partial charge in [-0.1, -0.05) is 13.8 Å². The van der Waals surface area contributed by atoms with Crippen molar-refractivity contribution in [2.24, 2.45) is 0 Å². The molecule has 6 nitrogen and oxygen atoms in total. The Morgan fingerprint density at radius 1 is 1.20 bits per heavy atom. The van der Waals surface area contributed by atoms with E-state index in [9.17, 15) is 0 Å². The van der Waals surface area contributed by atoms with E-state index >= 15 is 0 Å². The first-order chi connectivity index (χ1) is 12.2. The Hall–Kier alpha value is -1.66. The molecule has 0 amide bonds. The van der Waals surface area contributed by atoms with E-state index in [1.807, 2.05) is 10.7 Å². The lowest BCUT2D eigenvalue weighted by atomic mass is 9.96. The topological polar surface area (TPSA) is 63.5 Å². The number of anilines is 1. The molecule has 0 bridgehead atoms. The molecule has 4 rings (SSSR count). The number of hydrogen-bond donors (Lipinski definition) is 2. The Morgan fingerprint density at radius 2 is 1.96 bits per heavy atom. The summed E-state index contributed by atoms with van der Waals surface area (Å²) >= 11 is 0. The van der Waals surface area contributed by atoms with E-state index in [1.165, 1.54) is 11.3 Å². The predicted octanol–water partition coefficient (Wildman–Crippen LogP) is 2.91. The summed E-state index contributed by atoms with van der Waals surface area (Å²) in [6.45, 7) is 8.25. The van der Waals surface area contributed by atoms with Gasteiger partial charge in [0.2, 0.25) is 0 Å². The Kier molecular flexibility index (Phi) is 4.90. The lowest BCUT2D eigenvalue weighted by Crippen LogP contribution is -2.35. The number of fused-ring (bicyclic) bond motifs is 1. The maximum Gasteiger partial charge on any atom is 0.161 e. The van der Waals surface area contributed by atoms with E-state index in [4.69, 9.17) is 9.72 Å². The van der Waals surface area contributed by atoms with Crippen LogP contribution in [0.25, 0.3) is 5.65 Å². The minimum absolute atomic E-state index is 0.418. The Balaban J connectivity index is 1.72. The predicted molar refractivity (Wildman–Crippen MR) is 99.4 cm³/mol. The van der Waals surface area contributed by atoms with Crippen molar-refractivity contribution in [1.82, 2.24) is 19.9 Å². The van der Waals surface area contributed by atoms with Crippen LogP contribution in [0.5, 0.6) is 0 Å². The van der Waals surface area contributed by atoms with Crippen LogP contribution in [0.15, 0.2) is 12.3 Å². The molecule has 4 heterocycles. The average molecular weight is 343 g/mol. The standard InChI is InChI=1S/C19H29N5O/c1-13(2)16-12-21-24-18(22-15-3-7-20-8-4-15)11-17(23-19(16)24)14-5-9-25-10-6-14/h11-15,20,22H,3-10H2,1-2H3. The number of aromatic nitrogens is 3. The SMILES string of the molecule is CC(C)c1cnn2c(NC3CCNCC3)cc(C3CCOCC3)nc12. The number of piperidine rings is 1. The lowest BCUT2D eigenvalue weighted by molar-refractivity contribution is 0.0845. The minimum atomic E-state index is 0.418. The molecule has 2 fully saturated rings. The third-order valence-electron chi connectivity index (χ3n) is 5.47. The van der Waals surface area contributed by atoms with Crippen LogP contribution in [0.1, 0.15) is 62.6 Å². The van der Waals surface area contributed by atoms with Crippen molar-refractivity contribution < 1.29 is 4.74 Å². The Bertz CT molecular complexity index is 714. The second-order valence-electron chi connectivity index (χ2n) is 7.61. The highest BCUT2D eigenvalue weighted by Gasteiger charge is 2.22. The van der Waals surface area contributed by atoms with Crippen molar-refractivity contribution in [1.29, 1.82) is 0 Å². The summed E-state index contributed by atoms with van der Waals surface area (Å²) in [4.78, 5) is 5.03. The summed E-state index contributed by atoms with van der Waals surface area (Å²) in [6.07, 6.45) is 6.39. The van der Waals surface area contributed by atoms with Crippen molar-refractivity contribution in [2.45, 2.75) is 57.4 Å². The number of hydrogen-bond acceptors (Lipinski definition) is 5. The molecule has 0 aliphatic carbocycles. The molecule has 6 heteroatoms. The van der Waals surface area contributed by atoms with Gasteiger partial charge in [-0.25, -0.2) is 4.98 Å². The highest BCUT2D eigenvalue weighted by molar-refractivity contribution is 5.56.